The number of ketones is 1. The first kappa shape index (κ1) is 10.5. The third kappa shape index (κ3) is 1.64. The third-order valence-corrected chi connectivity index (χ3v) is 2.84. The van der Waals surface area contributed by atoms with Crippen molar-refractivity contribution in [1.29, 1.82) is 0 Å². The Balaban J connectivity index is 1.96. The van der Waals surface area contributed by atoms with Crippen molar-refractivity contribution in [3.05, 3.63) is 59.0 Å². The zero-order valence-electron chi connectivity index (χ0n) is 9.44. The number of benzene rings is 1. The second kappa shape index (κ2) is 4.00. The van der Waals surface area contributed by atoms with Crippen molar-refractivity contribution in [3.8, 4) is 0 Å². The number of H-pyrrole nitrogens is 1. The van der Waals surface area contributed by atoms with Crippen molar-refractivity contribution in [2.24, 2.45) is 0 Å². The molecular weight excluding hydrogens is 228 g/mol. The van der Waals surface area contributed by atoms with Gasteiger partial charge in [-0.25, -0.2) is 0 Å². The Hall–Kier alpha value is -2.62. The fourth-order valence-electron chi connectivity index (χ4n) is 1.98. The first-order chi connectivity index (χ1) is 8.78. The molecule has 1 aliphatic rings. The van der Waals surface area contributed by atoms with Crippen molar-refractivity contribution in [3.63, 3.8) is 0 Å². The molecule has 1 aromatic carbocycles. The van der Waals surface area contributed by atoms with E-state index in [1.165, 1.54) is 0 Å². The lowest BCUT2D eigenvalue weighted by atomic mass is 10.1. The molecule has 0 spiro atoms. The Bertz CT molecular complexity index is 668. The van der Waals surface area contributed by atoms with Gasteiger partial charge in [-0.2, -0.15) is 0 Å². The standard InChI is InChI=1S/C14H10N2O2/c17-8-10-6-5-9(15-10)7-13-14(18)11-3-1-2-4-12(11)16-13/h1-8,15-16H/b13-7-. The van der Waals surface area contributed by atoms with Crippen molar-refractivity contribution in [1.82, 2.24) is 4.98 Å². The Morgan fingerprint density at radius 3 is 2.50 bits per heavy atom. The van der Waals surface area contributed by atoms with Gasteiger partial charge in [0.25, 0.3) is 0 Å². The van der Waals surface area contributed by atoms with Crippen LogP contribution in [-0.2, 0) is 0 Å². The maximum Gasteiger partial charge on any atom is 0.211 e. The van der Waals surface area contributed by atoms with E-state index in [-0.39, 0.29) is 5.78 Å². The molecule has 0 amide bonds. The molecule has 88 valence electrons. The molecule has 18 heavy (non-hydrogen) atoms. The Kier molecular flexibility index (Phi) is 2.34. The monoisotopic (exact) mass is 238 g/mol. The number of hydrogen-bond donors (Lipinski definition) is 2. The van der Waals surface area contributed by atoms with Crippen LogP contribution in [0.5, 0.6) is 0 Å². The predicted octanol–water partition coefficient (Wildman–Crippen LogP) is 2.48. The summed E-state index contributed by atoms with van der Waals surface area (Å²) in [5, 5.41) is 3.06. The average Bonchev–Trinajstić information content (AvgIpc) is 2.97. The third-order valence-electron chi connectivity index (χ3n) is 2.84. The molecule has 3 rings (SSSR count). The van der Waals surface area contributed by atoms with Gasteiger partial charge >= 0.3 is 0 Å². The van der Waals surface area contributed by atoms with Crippen LogP contribution >= 0.6 is 0 Å². The number of nitrogens with one attached hydrogen (secondary N) is 2. The minimum Gasteiger partial charge on any atom is -0.353 e. The summed E-state index contributed by atoms with van der Waals surface area (Å²) < 4.78 is 0. The molecule has 0 bridgehead atoms. The van der Waals surface area contributed by atoms with E-state index < -0.39 is 0 Å². The number of carbonyl (C=O) groups is 2. The summed E-state index contributed by atoms with van der Waals surface area (Å²) in [6.07, 6.45) is 2.44. The number of allylic oxidation sites excluding steroid dienone is 1. The van der Waals surface area contributed by atoms with Gasteiger partial charge in [0.1, 0.15) is 0 Å². The molecule has 0 unspecified atom stereocenters. The number of rotatable bonds is 2. The van der Waals surface area contributed by atoms with Gasteiger partial charge in [-0.3, -0.25) is 9.59 Å². The van der Waals surface area contributed by atoms with Crippen LogP contribution in [0.2, 0.25) is 0 Å². The first-order valence-corrected chi connectivity index (χ1v) is 5.54. The average molecular weight is 238 g/mol. The van der Waals surface area contributed by atoms with Crippen LogP contribution in [0.4, 0.5) is 5.69 Å². The minimum absolute atomic E-state index is 0.0344. The fourth-order valence-corrected chi connectivity index (χ4v) is 1.98. The molecule has 0 atom stereocenters. The number of Topliss-reactive ketones (excluding diaryl/α,β-unsaturated/α-hetero) is 1. The molecule has 2 N–H and O–H groups in total. The zero-order valence-corrected chi connectivity index (χ0v) is 9.44. The molecule has 0 saturated heterocycles. The molecule has 1 aromatic heterocycles. The van der Waals surface area contributed by atoms with Crippen LogP contribution in [0.1, 0.15) is 26.5 Å². The highest BCUT2D eigenvalue weighted by Gasteiger charge is 2.23. The Morgan fingerprint density at radius 2 is 1.78 bits per heavy atom. The van der Waals surface area contributed by atoms with E-state index in [4.69, 9.17) is 0 Å². The van der Waals surface area contributed by atoms with E-state index in [0.717, 1.165) is 17.7 Å². The van der Waals surface area contributed by atoms with Gasteiger partial charge < -0.3 is 10.3 Å². The van der Waals surface area contributed by atoms with Gasteiger partial charge in [-0.1, -0.05) is 12.1 Å². The second-order valence-electron chi connectivity index (χ2n) is 4.04. The van der Waals surface area contributed by atoms with Crippen LogP contribution in [0.3, 0.4) is 0 Å². The molecule has 4 nitrogen and oxygen atoms in total. The van der Waals surface area contributed by atoms with Crippen molar-refractivity contribution < 1.29 is 9.59 Å². The van der Waals surface area contributed by atoms with E-state index in [0.29, 0.717) is 17.0 Å². The van der Waals surface area contributed by atoms with E-state index >= 15 is 0 Å². The highest BCUT2D eigenvalue weighted by molar-refractivity contribution is 6.20. The van der Waals surface area contributed by atoms with Gasteiger partial charge in [-0.05, 0) is 30.3 Å². The molecule has 1 aliphatic heterocycles. The number of anilines is 1. The number of aromatic amines is 1. The summed E-state index contributed by atoms with van der Waals surface area (Å²) in [5.74, 6) is -0.0344. The van der Waals surface area contributed by atoms with Crippen LogP contribution in [0.25, 0.3) is 6.08 Å². The SMILES string of the molecule is O=Cc1ccc(/C=C2\Nc3ccccc3C2=O)[nH]1. The number of para-hydroxylation sites is 1. The van der Waals surface area contributed by atoms with Gasteiger partial charge in [0.15, 0.2) is 6.29 Å². The molecule has 0 radical (unpaired) electrons. The summed E-state index contributed by atoms with van der Waals surface area (Å²) in [7, 11) is 0. The Morgan fingerprint density at radius 1 is 1.00 bits per heavy atom. The molecule has 0 fully saturated rings. The number of fused-ring (bicyclic) bond motifs is 1. The molecule has 4 heteroatoms. The van der Waals surface area contributed by atoms with Crippen LogP contribution < -0.4 is 5.32 Å². The maximum absolute atomic E-state index is 12.1. The topological polar surface area (TPSA) is 62.0 Å². The van der Waals surface area contributed by atoms with Gasteiger partial charge in [0, 0.05) is 16.9 Å². The molecule has 2 aromatic rings. The van der Waals surface area contributed by atoms with Crippen molar-refractivity contribution in [2.75, 3.05) is 5.32 Å². The zero-order chi connectivity index (χ0) is 12.5. The quantitative estimate of drug-likeness (QED) is 0.624. The number of carbonyl (C=O) groups excluding carboxylic acids is 2. The predicted molar refractivity (Wildman–Crippen MR) is 68.6 cm³/mol. The Labute approximate surface area is 103 Å². The summed E-state index contributed by atoms with van der Waals surface area (Å²) in [4.78, 5) is 25.5. The van der Waals surface area contributed by atoms with Crippen molar-refractivity contribution in [2.45, 2.75) is 0 Å². The lowest BCUT2D eigenvalue weighted by Gasteiger charge is -1.96. The van der Waals surface area contributed by atoms with Crippen LogP contribution in [0.15, 0.2) is 42.1 Å². The van der Waals surface area contributed by atoms with E-state index in [1.54, 1.807) is 24.3 Å². The van der Waals surface area contributed by atoms with E-state index in [2.05, 4.69) is 10.3 Å². The van der Waals surface area contributed by atoms with E-state index in [1.807, 2.05) is 18.2 Å². The van der Waals surface area contributed by atoms with Gasteiger partial charge in [0.2, 0.25) is 5.78 Å². The fraction of sp³-hybridized carbons (Fsp3) is 0. The van der Waals surface area contributed by atoms with Gasteiger partial charge in [0.05, 0.1) is 11.4 Å². The summed E-state index contributed by atoms with van der Waals surface area (Å²) >= 11 is 0. The highest BCUT2D eigenvalue weighted by atomic mass is 16.1. The number of hydrogen-bond acceptors (Lipinski definition) is 3. The first-order valence-electron chi connectivity index (χ1n) is 5.54. The largest absolute Gasteiger partial charge is 0.353 e. The number of aromatic nitrogens is 1. The van der Waals surface area contributed by atoms with Crippen LogP contribution in [-0.4, -0.2) is 17.1 Å². The lowest BCUT2D eigenvalue weighted by Crippen LogP contribution is -1.99. The molecule has 2 heterocycles. The smallest absolute Gasteiger partial charge is 0.211 e. The molecule has 0 aliphatic carbocycles. The van der Waals surface area contributed by atoms with E-state index in [9.17, 15) is 9.59 Å². The molecular formula is C14H10N2O2. The minimum atomic E-state index is -0.0344. The summed E-state index contributed by atoms with van der Waals surface area (Å²) in [6.45, 7) is 0. The van der Waals surface area contributed by atoms with Crippen molar-refractivity contribution >= 4 is 23.8 Å². The summed E-state index contributed by atoms with van der Waals surface area (Å²) in [6, 6.07) is 10.8. The lowest BCUT2D eigenvalue weighted by molar-refractivity contribution is 0.104. The van der Waals surface area contributed by atoms with Crippen LogP contribution in [0, 0.1) is 0 Å². The second-order valence-corrected chi connectivity index (χ2v) is 4.04. The molecule has 0 saturated carbocycles. The number of aldehydes is 1. The highest BCUT2D eigenvalue weighted by Crippen LogP contribution is 2.28. The maximum atomic E-state index is 12.1. The summed E-state index contributed by atoms with van der Waals surface area (Å²) in [5.41, 5.74) is 3.21. The van der Waals surface area contributed by atoms with Gasteiger partial charge in [-0.15, -0.1) is 0 Å². The normalized spacial score (nSPS) is 15.6.